The molecule has 0 aromatic heterocycles. The van der Waals surface area contributed by atoms with Crippen molar-refractivity contribution in [3.63, 3.8) is 0 Å². The Kier molecular flexibility index (Phi) is 10.8. The van der Waals surface area contributed by atoms with E-state index in [9.17, 15) is 8.42 Å². The van der Waals surface area contributed by atoms with E-state index >= 15 is 0 Å². The lowest BCUT2D eigenvalue weighted by Crippen LogP contribution is -2.32. The van der Waals surface area contributed by atoms with Crippen LogP contribution in [0.4, 0.5) is 0 Å². The summed E-state index contributed by atoms with van der Waals surface area (Å²) in [5, 5.41) is 0. The molecule has 0 N–H and O–H groups in total. The first kappa shape index (κ1) is 27.0. The van der Waals surface area contributed by atoms with Gasteiger partial charge >= 0.3 is 0 Å². The van der Waals surface area contributed by atoms with Crippen LogP contribution in [0.5, 0.6) is 0 Å². The topological polar surface area (TPSA) is 43.9 Å². The fourth-order valence-corrected chi connectivity index (χ4v) is 5.57. The summed E-state index contributed by atoms with van der Waals surface area (Å²) in [6, 6.07) is 13.2. The van der Waals surface area contributed by atoms with Crippen LogP contribution >= 0.6 is 15.9 Å². The Labute approximate surface area is 203 Å². The van der Waals surface area contributed by atoms with E-state index in [1.54, 1.807) is 28.6 Å². The van der Waals surface area contributed by atoms with E-state index in [2.05, 4.69) is 78.9 Å². The molecule has 32 heavy (non-hydrogen) atoms. The van der Waals surface area contributed by atoms with Gasteiger partial charge in [-0.25, -0.2) is 8.42 Å². The summed E-state index contributed by atoms with van der Waals surface area (Å²) >= 11 is 3.39. The average molecular weight is 525 g/mol. The van der Waals surface area contributed by atoms with Crippen molar-refractivity contribution in [1.29, 1.82) is 0 Å². The SMILES string of the molecule is Cc1cc(C)cc(CN(CCCCN(C)CCCN(C)C)S(=O)(=O)c2ccc(Br)cc2)c1. The van der Waals surface area contributed by atoms with Crippen molar-refractivity contribution >= 4 is 26.0 Å². The van der Waals surface area contributed by atoms with E-state index in [4.69, 9.17) is 0 Å². The molecule has 7 heteroatoms. The minimum absolute atomic E-state index is 0.339. The molecule has 0 bridgehead atoms. The molecule has 5 nitrogen and oxygen atoms in total. The average Bonchev–Trinajstić information content (AvgIpc) is 2.69. The third-order valence-electron chi connectivity index (χ3n) is 5.43. The van der Waals surface area contributed by atoms with Crippen LogP contribution < -0.4 is 0 Å². The predicted octanol–water partition coefficient (Wildman–Crippen LogP) is 4.92. The first-order valence-electron chi connectivity index (χ1n) is 11.2. The largest absolute Gasteiger partial charge is 0.309 e. The van der Waals surface area contributed by atoms with Gasteiger partial charge in [0.1, 0.15) is 0 Å². The first-order valence-corrected chi connectivity index (χ1v) is 13.5. The Balaban J connectivity index is 2.06. The molecule has 0 aliphatic carbocycles. The molecule has 0 saturated heterocycles. The molecule has 2 aromatic carbocycles. The van der Waals surface area contributed by atoms with Crippen molar-refractivity contribution in [2.24, 2.45) is 0 Å². The summed E-state index contributed by atoms with van der Waals surface area (Å²) < 4.78 is 29.4. The molecule has 0 aliphatic heterocycles. The van der Waals surface area contributed by atoms with Gasteiger partial charge in [-0.2, -0.15) is 4.31 Å². The van der Waals surface area contributed by atoms with Crippen LogP contribution in [-0.2, 0) is 16.6 Å². The second-order valence-electron chi connectivity index (χ2n) is 8.96. The number of aryl methyl sites for hydroxylation is 2. The molecule has 0 atom stereocenters. The molecule has 0 amide bonds. The van der Waals surface area contributed by atoms with E-state index in [-0.39, 0.29) is 0 Å². The van der Waals surface area contributed by atoms with Crippen molar-refractivity contribution in [1.82, 2.24) is 14.1 Å². The number of unbranched alkanes of at least 4 members (excludes halogenated alkanes) is 1. The minimum Gasteiger partial charge on any atom is -0.309 e. The number of hydrogen-bond acceptors (Lipinski definition) is 4. The highest BCUT2D eigenvalue weighted by Crippen LogP contribution is 2.22. The van der Waals surface area contributed by atoms with Crippen LogP contribution in [0.25, 0.3) is 0 Å². The van der Waals surface area contributed by atoms with Crippen molar-refractivity contribution in [3.8, 4) is 0 Å². The normalized spacial score (nSPS) is 12.3. The molecule has 0 heterocycles. The van der Waals surface area contributed by atoms with E-state index in [1.165, 1.54) is 0 Å². The summed E-state index contributed by atoms with van der Waals surface area (Å²) in [7, 11) is 2.75. The minimum atomic E-state index is -3.57. The van der Waals surface area contributed by atoms with E-state index in [1.807, 2.05) is 0 Å². The first-order chi connectivity index (χ1) is 15.1. The zero-order valence-electron chi connectivity index (χ0n) is 20.1. The van der Waals surface area contributed by atoms with E-state index in [0.29, 0.717) is 18.0 Å². The number of nitrogens with zero attached hydrogens (tertiary/aromatic N) is 3. The standard InChI is InChI=1S/C25H38BrN3O2S/c1-21-17-22(2)19-23(18-21)20-29(32(30,31)25-11-9-24(26)10-12-25)16-7-6-14-28(5)15-8-13-27(3)4/h9-12,17-19H,6-8,13-16,20H2,1-5H3. The lowest BCUT2D eigenvalue weighted by molar-refractivity contribution is 0.289. The second kappa shape index (κ2) is 12.8. The van der Waals surface area contributed by atoms with Crippen LogP contribution in [0.3, 0.4) is 0 Å². The fraction of sp³-hybridized carbons (Fsp3) is 0.520. The molecule has 2 aromatic rings. The molecule has 2 rings (SSSR count). The summed E-state index contributed by atoms with van der Waals surface area (Å²) in [4.78, 5) is 4.87. The molecule has 0 aliphatic rings. The van der Waals surface area contributed by atoms with Gasteiger partial charge in [0.15, 0.2) is 0 Å². The van der Waals surface area contributed by atoms with Gasteiger partial charge in [-0.1, -0.05) is 45.3 Å². The van der Waals surface area contributed by atoms with Crippen LogP contribution in [0.1, 0.15) is 36.0 Å². The molecule has 0 fully saturated rings. The molecule has 0 radical (unpaired) electrons. The zero-order chi connectivity index (χ0) is 23.7. The highest BCUT2D eigenvalue weighted by Gasteiger charge is 2.24. The third-order valence-corrected chi connectivity index (χ3v) is 7.82. The van der Waals surface area contributed by atoms with Gasteiger partial charge in [-0.3, -0.25) is 0 Å². The lowest BCUT2D eigenvalue weighted by Gasteiger charge is -2.24. The van der Waals surface area contributed by atoms with E-state index in [0.717, 1.165) is 60.1 Å². The van der Waals surface area contributed by atoms with Crippen LogP contribution in [0.15, 0.2) is 51.8 Å². The van der Waals surface area contributed by atoms with Crippen molar-refractivity contribution in [2.75, 3.05) is 47.3 Å². The summed E-state index contributed by atoms with van der Waals surface area (Å²) in [6.07, 6.45) is 2.94. The number of rotatable bonds is 13. The Hall–Kier alpha value is -1.25. The maximum absolute atomic E-state index is 13.4. The Morgan fingerprint density at radius 1 is 0.781 bits per heavy atom. The number of halogens is 1. The number of benzene rings is 2. The van der Waals surface area contributed by atoms with Gasteiger partial charge in [0.25, 0.3) is 0 Å². The number of sulfonamides is 1. The van der Waals surface area contributed by atoms with Crippen molar-refractivity contribution in [2.45, 2.75) is 44.6 Å². The van der Waals surface area contributed by atoms with Gasteiger partial charge in [0.2, 0.25) is 10.0 Å². The molecular weight excluding hydrogens is 486 g/mol. The zero-order valence-corrected chi connectivity index (χ0v) is 22.5. The summed E-state index contributed by atoms with van der Waals surface area (Å²) in [5.74, 6) is 0. The van der Waals surface area contributed by atoms with Gasteiger partial charge < -0.3 is 9.80 Å². The summed E-state index contributed by atoms with van der Waals surface area (Å²) in [5.41, 5.74) is 3.34. The second-order valence-corrected chi connectivity index (χ2v) is 11.8. The molecule has 0 spiro atoms. The van der Waals surface area contributed by atoms with Crippen molar-refractivity contribution < 1.29 is 8.42 Å². The van der Waals surface area contributed by atoms with Crippen LogP contribution in [-0.4, -0.2) is 69.8 Å². The lowest BCUT2D eigenvalue weighted by atomic mass is 10.1. The maximum atomic E-state index is 13.4. The van der Waals surface area contributed by atoms with Gasteiger partial charge in [-0.05, 0) is 104 Å². The highest BCUT2D eigenvalue weighted by atomic mass is 79.9. The quantitative estimate of drug-likeness (QED) is 0.349. The van der Waals surface area contributed by atoms with Crippen molar-refractivity contribution in [3.05, 3.63) is 63.6 Å². The Bertz CT molecular complexity index is 926. The third kappa shape index (κ3) is 8.94. The maximum Gasteiger partial charge on any atom is 0.243 e. The fourth-order valence-electron chi connectivity index (χ4n) is 3.84. The van der Waals surface area contributed by atoms with Gasteiger partial charge in [-0.15, -0.1) is 0 Å². The van der Waals surface area contributed by atoms with Crippen LogP contribution in [0.2, 0.25) is 0 Å². The van der Waals surface area contributed by atoms with E-state index < -0.39 is 10.0 Å². The molecule has 0 saturated carbocycles. The monoisotopic (exact) mass is 523 g/mol. The Morgan fingerprint density at radius 2 is 1.34 bits per heavy atom. The molecular formula is C25H38BrN3O2S. The predicted molar refractivity (Wildman–Crippen MR) is 138 cm³/mol. The number of hydrogen-bond donors (Lipinski definition) is 0. The Morgan fingerprint density at radius 3 is 1.94 bits per heavy atom. The van der Waals surface area contributed by atoms with Gasteiger partial charge in [0, 0.05) is 17.6 Å². The molecule has 178 valence electrons. The smallest absolute Gasteiger partial charge is 0.243 e. The summed E-state index contributed by atoms with van der Waals surface area (Å²) in [6.45, 7) is 8.12. The van der Waals surface area contributed by atoms with Crippen LogP contribution in [0, 0.1) is 13.8 Å². The molecule has 0 unspecified atom stereocenters. The highest BCUT2D eigenvalue weighted by molar-refractivity contribution is 9.10. The van der Waals surface area contributed by atoms with Gasteiger partial charge in [0.05, 0.1) is 4.90 Å².